The molecule has 0 aliphatic rings. The van der Waals surface area contributed by atoms with Gasteiger partial charge in [-0.2, -0.15) is 9.38 Å². The van der Waals surface area contributed by atoms with Crippen molar-refractivity contribution in [1.29, 1.82) is 0 Å². The molecular weight excluding hydrogens is 376 g/mol. The molecule has 5 rings (SSSR count). The molecule has 138 valence electrons. The first kappa shape index (κ1) is 16.5. The first-order valence-electron chi connectivity index (χ1n) is 8.53. The average molecular weight is 390 g/mol. The monoisotopic (exact) mass is 390 g/mol. The second-order valence-electron chi connectivity index (χ2n) is 6.26. The molecule has 0 atom stereocenters. The topological polar surface area (TPSA) is 90.3 Å². The van der Waals surface area contributed by atoms with Crippen molar-refractivity contribution in [1.82, 2.24) is 18.9 Å². The molecule has 0 saturated heterocycles. The Balaban J connectivity index is 1.58. The lowest BCUT2D eigenvalue weighted by molar-refractivity contribution is -0.389. The molecule has 3 aromatic heterocycles. The number of rotatable bonds is 4. The Labute approximate surface area is 162 Å². The fourth-order valence-electron chi connectivity index (χ4n) is 3.35. The van der Waals surface area contributed by atoms with Crippen molar-refractivity contribution in [2.75, 3.05) is 5.32 Å². The molecule has 3 heterocycles. The zero-order valence-corrected chi connectivity index (χ0v) is 15.6. The number of benzene rings is 2. The number of hydrogen-bond donors (Lipinski definition) is 1. The van der Waals surface area contributed by atoms with Gasteiger partial charge < -0.3 is 15.4 Å². The van der Waals surface area contributed by atoms with Crippen LogP contribution in [-0.4, -0.2) is 23.9 Å². The maximum Gasteiger partial charge on any atom is 0.373 e. The van der Waals surface area contributed by atoms with E-state index in [2.05, 4.69) is 19.9 Å². The molecule has 0 unspecified atom stereocenters. The molecule has 2 aromatic carbocycles. The third-order valence-corrected chi connectivity index (χ3v) is 5.27. The lowest BCUT2D eigenvalue weighted by Crippen LogP contribution is -1.98. The smallest absolute Gasteiger partial charge is 0.358 e. The van der Waals surface area contributed by atoms with Crippen LogP contribution in [0.2, 0.25) is 0 Å². The van der Waals surface area contributed by atoms with Gasteiger partial charge in [0.15, 0.2) is 0 Å². The second kappa shape index (κ2) is 6.17. The molecule has 0 fully saturated rings. The Morgan fingerprint density at radius 2 is 1.96 bits per heavy atom. The van der Waals surface area contributed by atoms with Gasteiger partial charge in [0.2, 0.25) is 5.82 Å². The Kier molecular flexibility index (Phi) is 3.63. The lowest BCUT2D eigenvalue weighted by atomic mass is 10.2. The molecule has 8 nitrogen and oxygen atoms in total. The molecule has 0 aliphatic heterocycles. The van der Waals surface area contributed by atoms with Crippen molar-refractivity contribution in [2.24, 2.45) is 0 Å². The summed E-state index contributed by atoms with van der Waals surface area (Å²) in [5.41, 5.74) is 3.50. The van der Waals surface area contributed by atoms with Crippen molar-refractivity contribution in [2.45, 2.75) is 6.92 Å². The number of nitrogens with zero attached hydrogens (tertiary/aromatic N) is 5. The van der Waals surface area contributed by atoms with E-state index in [1.54, 1.807) is 11.6 Å². The van der Waals surface area contributed by atoms with Crippen LogP contribution in [0.1, 0.15) is 5.82 Å². The minimum atomic E-state index is -0.429. The summed E-state index contributed by atoms with van der Waals surface area (Å²) >= 11 is 1.35. The zero-order chi connectivity index (χ0) is 19.3. The fourth-order valence-corrected chi connectivity index (χ4v) is 4.06. The quantitative estimate of drug-likeness (QED) is 0.355. The first-order valence-corrected chi connectivity index (χ1v) is 9.41. The molecule has 0 amide bonds. The van der Waals surface area contributed by atoms with E-state index in [0.29, 0.717) is 10.6 Å². The zero-order valence-electron chi connectivity index (χ0n) is 14.7. The number of nitro groups is 1. The van der Waals surface area contributed by atoms with Crippen LogP contribution in [0.3, 0.4) is 0 Å². The normalized spacial score (nSPS) is 11.3. The highest BCUT2D eigenvalue weighted by Gasteiger charge is 2.24. The number of para-hydroxylation sites is 1. The van der Waals surface area contributed by atoms with Crippen LogP contribution in [0.15, 0.2) is 60.1 Å². The maximum atomic E-state index is 11.5. The highest BCUT2D eigenvalue weighted by atomic mass is 32.1. The largest absolute Gasteiger partial charge is 0.373 e. The van der Waals surface area contributed by atoms with Crippen LogP contribution in [-0.2, 0) is 0 Å². The van der Waals surface area contributed by atoms with Crippen molar-refractivity contribution in [3.63, 3.8) is 0 Å². The van der Waals surface area contributed by atoms with E-state index in [4.69, 9.17) is 0 Å². The summed E-state index contributed by atoms with van der Waals surface area (Å²) < 4.78 is 3.55. The highest BCUT2D eigenvalue weighted by Crippen LogP contribution is 2.32. The van der Waals surface area contributed by atoms with E-state index in [9.17, 15) is 10.1 Å². The highest BCUT2D eigenvalue weighted by molar-refractivity contribution is 7.15. The molecule has 9 heteroatoms. The van der Waals surface area contributed by atoms with Gasteiger partial charge in [-0.15, -0.1) is 0 Å². The van der Waals surface area contributed by atoms with Gasteiger partial charge in [-0.05, 0) is 42.2 Å². The number of imidazole rings is 2. The molecular formula is C19H14N6O2S. The molecule has 0 aliphatic carbocycles. The minimum absolute atomic E-state index is 0.0812. The lowest BCUT2D eigenvalue weighted by Gasteiger charge is -2.07. The van der Waals surface area contributed by atoms with Crippen LogP contribution in [0, 0.1) is 17.0 Å². The predicted molar refractivity (Wildman–Crippen MR) is 109 cm³/mol. The van der Waals surface area contributed by atoms with Gasteiger partial charge in [-0.3, -0.25) is 4.57 Å². The summed E-state index contributed by atoms with van der Waals surface area (Å²) in [6, 6.07) is 15.7. The third-order valence-electron chi connectivity index (χ3n) is 4.51. The fraction of sp³-hybridized carbons (Fsp3) is 0.0526. The third kappa shape index (κ3) is 2.52. The van der Waals surface area contributed by atoms with E-state index >= 15 is 0 Å². The number of nitrogens with one attached hydrogen (secondary N) is 1. The number of hydrogen-bond acceptors (Lipinski definition) is 6. The van der Waals surface area contributed by atoms with E-state index in [1.807, 2.05) is 55.5 Å². The number of anilines is 2. The van der Waals surface area contributed by atoms with Gasteiger partial charge in [-0.1, -0.05) is 29.5 Å². The van der Waals surface area contributed by atoms with Crippen molar-refractivity contribution < 1.29 is 4.92 Å². The molecule has 5 aromatic rings. The van der Waals surface area contributed by atoms with Crippen LogP contribution < -0.4 is 5.32 Å². The van der Waals surface area contributed by atoms with Crippen LogP contribution in [0.25, 0.3) is 21.7 Å². The van der Waals surface area contributed by atoms with Gasteiger partial charge in [0.05, 0.1) is 11.0 Å². The molecule has 28 heavy (non-hydrogen) atoms. The van der Waals surface area contributed by atoms with E-state index in [-0.39, 0.29) is 11.6 Å². The summed E-state index contributed by atoms with van der Waals surface area (Å²) in [4.78, 5) is 20.6. The Morgan fingerprint density at radius 3 is 2.75 bits per heavy atom. The van der Waals surface area contributed by atoms with Crippen molar-refractivity contribution in [3.05, 3.63) is 76.0 Å². The number of fused-ring (bicyclic) bond motifs is 2. The van der Waals surface area contributed by atoms with Crippen LogP contribution in [0.5, 0.6) is 0 Å². The van der Waals surface area contributed by atoms with Crippen molar-refractivity contribution >= 4 is 44.7 Å². The molecule has 0 bridgehead atoms. The van der Waals surface area contributed by atoms with Gasteiger partial charge in [-0.25, -0.2) is 4.98 Å². The summed E-state index contributed by atoms with van der Waals surface area (Å²) in [6.07, 6.45) is 1.64. The maximum absolute atomic E-state index is 11.5. The molecule has 0 spiro atoms. The number of aromatic nitrogens is 4. The van der Waals surface area contributed by atoms with Crippen molar-refractivity contribution in [3.8, 4) is 5.69 Å². The Bertz CT molecular complexity index is 1330. The summed E-state index contributed by atoms with van der Waals surface area (Å²) in [7, 11) is 0. The molecule has 0 saturated carbocycles. The average Bonchev–Trinajstić information content (AvgIpc) is 3.33. The SMILES string of the molecule is Cc1nc2cc(Nc3nc4sccn4c3[N+](=O)[O-])ccc2n1-c1ccccc1. The number of thiazole rings is 1. The second-order valence-corrected chi connectivity index (χ2v) is 7.13. The van der Waals surface area contributed by atoms with Gasteiger partial charge >= 0.3 is 5.82 Å². The van der Waals surface area contributed by atoms with Gasteiger partial charge in [0, 0.05) is 16.8 Å². The van der Waals surface area contributed by atoms with Crippen LogP contribution in [0.4, 0.5) is 17.3 Å². The Hall–Kier alpha value is -3.72. The predicted octanol–water partition coefficient (Wildman–Crippen LogP) is 4.69. The summed E-state index contributed by atoms with van der Waals surface area (Å²) in [5, 5.41) is 16.3. The summed E-state index contributed by atoms with van der Waals surface area (Å²) in [5.74, 6) is 1.00. The van der Waals surface area contributed by atoms with Gasteiger partial charge in [0.1, 0.15) is 12.0 Å². The number of aryl methyl sites for hydroxylation is 1. The van der Waals surface area contributed by atoms with E-state index < -0.39 is 4.92 Å². The Morgan fingerprint density at radius 1 is 1.14 bits per heavy atom. The summed E-state index contributed by atoms with van der Waals surface area (Å²) in [6.45, 7) is 1.95. The van der Waals surface area contributed by atoms with Crippen LogP contribution >= 0.6 is 11.3 Å². The van der Waals surface area contributed by atoms with E-state index in [0.717, 1.165) is 22.5 Å². The molecule has 0 radical (unpaired) electrons. The van der Waals surface area contributed by atoms with E-state index in [1.165, 1.54) is 15.7 Å². The standard InChI is InChI=1S/C19H14N6O2S/c1-12-20-15-11-13(7-8-16(15)24(12)14-5-3-2-4-6-14)21-17-18(25(26)27)23-9-10-28-19(23)22-17/h2-11,21H,1H3. The minimum Gasteiger partial charge on any atom is -0.358 e. The first-order chi connectivity index (χ1) is 13.6. The molecule has 1 N–H and O–H groups in total. The van der Waals surface area contributed by atoms with Gasteiger partial charge in [0.25, 0.3) is 4.96 Å².